The lowest BCUT2D eigenvalue weighted by atomic mass is 10.00. The van der Waals surface area contributed by atoms with Crippen molar-refractivity contribution in [2.75, 3.05) is 5.73 Å². The Morgan fingerprint density at radius 3 is 2.88 bits per heavy atom. The topological polar surface area (TPSA) is 70.1 Å². The molecule has 1 fully saturated rings. The molecule has 17 heavy (non-hydrogen) atoms. The fourth-order valence-corrected chi connectivity index (χ4v) is 2.15. The van der Waals surface area contributed by atoms with Crippen LogP contribution in [0.5, 0.6) is 0 Å². The van der Waals surface area contributed by atoms with Gasteiger partial charge in [0.2, 0.25) is 0 Å². The van der Waals surface area contributed by atoms with E-state index in [1.807, 2.05) is 6.92 Å². The summed E-state index contributed by atoms with van der Waals surface area (Å²) in [5.74, 6) is -0.103. The van der Waals surface area contributed by atoms with Gasteiger partial charge in [-0.15, -0.1) is 0 Å². The zero-order valence-corrected chi connectivity index (χ0v) is 9.84. The van der Waals surface area contributed by atoms with Crippen molar-refractivity contribution in [2.45, 2.75) is 38.8 Å². The van der Waals surface area contributed by atoms with Crippen molar-refractivity contribution in [1.29, 1.82) is 0 Å². The van der Waals surface area contributed by atoms with Gasteiger partial charge in [0, 0.05) is 12.1 Å². The van der Waals surface area contributed by atoms with Gasteiger partial charge in [0.1, 0.15) is 5.82 Å². The van der Waals surface area contributed by atoms with E-state index < -0.39 is 18.1 Å². The van der Waals surface area contributed by atoms with Crippen molar-refractivity contribution in [2.24, 2.45) is 5.92 Å². The van der Waals surface area contributed by atoms with Crippen molar-refractivity contribution < 1.29 is 9.13 Å². The number of hydrogen-bond acceptors (Lipinski definition) is 4. The highest BCUT2D eigenvalue weighted by atomic mass is 19.1. The molecule has 4 atom stereocenters. The molecule has 1 aliphatic rings. The normalized spacial score (nSPS) is 32.9. The van der Waals surface area contributed by atoms with Crippen molar-refractivity contribution in [3.8, 4) is 0 Å². The van der Waals surface area contributed by atoms with Crippen LogP contribution < -0.4 is 11.4 Å². The maximum atomic E-state index is 14.0. The first-order valence-corrected chi connectivity index (χ1v) is 5.68. The third-order valence-corrected chi connectivity index (χ3v) is 3.20. The highest BCUT2D eigenvalue weighted by Crippen LogP contribution is 2.36. The van der Waals surface area contributed by atoms with Crippen LogP contribution in [0.25, 0.3) is 0 Å². The van der Waals surface area contributed by atoms with Gasteiger partial charge in [-0.1, -0.05) is 13.8 Å². The van der Waals surface area contributed by atoms with Gasteiger partial charge in [-0.3, -0.25) is 4.57 Å². The van der Waals surface area contributed by atoms with E-state index in [1.165, 1.54) is 12.3 Å². The monoisotopic (exact) mass is 241 g/mol. The number of nitrogens with zero attached hydrogens (tertiary/aromatic N) is 2. The molecule has 5 nitrogen and oxygen atoms in total. The molecule has 1 aromatic heterocycles. The van der Waals surface area contributed by atoms with Crippen LogP contribution in [-0.4, -0.2) is 21.8 Å². The van der Waals surface area contributed by atoms with Crippen LogP contribution in [0, 0.1) is 5.92 Å². The van der Waals surface area contributed by atoms with E-state index in [2.05, 4.69) is 4.98 Å². The van der Waals surface area contributed by atoms with Gasteiger partial charge in [-0.25, -0.2) is 9.18 Å². The van der Waals surface area contributed by atoms with E-state index in [0.29, 0.717) is 0 Å². The highest BCUT2D eigenvalue weighted by Gasteiger charge is 2.42. The molecule has 2 rings (SSSR count). The molecule has 2 N–H and O–H groups in total. The Bertz CT molecular complexity index is 462. The number of nitrogen functional groups attached to an aromatic ring is 1. The Hall–Kier alpha value is -1.43. The van der Waals surface area contributed by atoms with E-state index in [4.69, 9.17) is 10.5 Å². The summed E-state index contributed by atoms with van der Waals surface area (Å²) in [5.41, 5.74) is 4.80. The molecule has 0 radical (unpaired) electrons. The summed E-state index contributed by atoms with van der Waals surface area (Å²) in [4.78, 5) is 15.2. The molecule has 94 valence electrons. The van der Waals surface area contributed by atoms with Crippen LogP contribution in [0.15, 0.2) is 17.1 Å². The number of ether oxygens (including phenoxy) is 1. The first kappa shape index (κ1) is 12.0. The van der Waals surface area contributed by atoms with E-state index in [1.54, 1.807) is 6.92 Å². The second-order valence-electron chi connectivity index (χ2n) is 4.32. The Morgan fingerprint density at radius 1 is 1.65 bits per heavy atom. The third-order valence-electron chi connectivity index (χ3n) is 3.20. The second kappa shape index (κ2) is 4.44. The van der Waals surface area contributed by atoms with Crippen LogP contribution in [0.1, 0.15) is 26.5 Å². The van der Waals surface area contributed by atoms with Gasteiger partial charge in [0.25, 0.3) is 0 Å². The molecule has 0 saturated carbocycles. The number of halogens is 1. The zero-order valence-electron chi connectivity index (χ0n) is 9.84. The van der Waals surface area contributed by atoms with Crippen molar-refractivity contribution >= 4 is 5.82 Å². The molecule has 0 spiro atoms. The van der Waals surface area contributed by atoms with Crippen LogP contribution in [0.2, 0.25) is 0 Å². The Morgan fingerprint density at radius 2 is 2.35 bits per heavy atom. The second-order valence-corrected chi connectivity index (χ2v) is 4.32. The predicted octanol–water partition coefficient (Wildman–Crippen LogP) is 1.11. The fraction of sp³-hybridized carbons (Fsp3) is 0.636. The number of anilines is 1. The Balaban J connectivity index is 2.32. The SMILES string of the molecule is CC[C@H]1O[C@@H](n2ccc(N)nc2=O)[C@H](F)[C@@H]1C. The number of aromatic nitrogens is 2. The molecule has 2 heterocycles. The maximum absolute atomic E-state index is 14.0. The molecule has 0 aromatic carbocycles. The Labute approximate surface area is 98.4 Å². The van der Waals surface area contributed by atoms with Crippen LogP contribution in [-0.2, 0) is 4.74 Å². The first-order chi connectivity index (χ1) is 8.04. The van der Waals surface area contributed by atoms with E-state index in [-0.39, 0.29) is 17.8 Å². The summed E-state index contributed by atoms with van der Waals surface area (Å²) in [6, 6.07) is 1.46. The summed E-state index contributed by atoms with van der Waals surface area (Å²) in [6.07, 6.45) is -0.125. The average molecular weight is 241 g/mol. The number of nitrogens with two attached hydrogens (primary N) is 1. The van der Waals surface area contributed by atoms with Gasteiger partial charge < -0.3 is 10.5 Å². The van der Waals surface area contributed by atoms with Gasteiger partial charge >= 0.3 is 5.69 Å². The summed E-state index contributed by atoms with van der Waals surface area (Å²) in [7, 11) is 0. The van der Waals surface area contributed by atoms with Crippen molar-refractivity contribution in [3.05, 3.63) is 22.7 Å². The van der Waals surface area contributed by atoms with Crippen LogP contribution >= 0.6 is 0 Å². The fourth-order valence-electron chi connectivity index (χ4n) is 2.15. The van der Waals surface area contributed by atoms with E-state index in [0.717, 1.165) is 11.0 Å². The molecular formula is C11H16FN3O2. The lowest BCUT2D eigenvalue weighted by Gasteiger charge is -2.15. The third kappa shape index (κ3) is 2.04. The number of hydrogen-bond donors (Lipinski definition) is 1. The minimum absolute atomic E-state index is 0.125. The summed E-state index contributed by atoms with van der Waals surface area (Å²) in [5, 5.41) is 0. The number of alkyl halides is 1. The molecule has 0 amide bonds. The predicted molar refractivity (Wildman–Crippen MR) is 61.2 cm³/mol. The largest absolute Gasteiger partial charge is 0.383 e. The van der Waals surface area contributed by atoms with E-state index >= 15 is 0 Å². The van der Waals surface area contributed by atoms with Crippen molar-refractivity contribution in [1.82, 2.24) is 9.55 Å². The molecule has 1 aliphatic heterocycles. The van der Waals surface area contributed by atoms with Crippen LogP contribution in [0.4, 0.5) is 10.2 Å². The zero-order chi connectivity index (χ0) is 12.6. The minimum Gasteiger partial charge on any atom is -0.383 e. The average Bonchev–Trinajstić information content (AvgIpc) is 2.57. The van der Waals surface area contributed by atoms with Gasteiger partial charge in [-0.2, -0.15) is 4.98 Å². The van der Waals surface area contributed by atoms with Gasteiger partial charge in [0.15, 0.2) is 12.4 Å². The highest BCUT2D eigenvalue weighted by molar-refractivity contribution is 5.23. The lowest BCUT2D eigenvalue weighted by Crippen LogP contribution is -2.31. The molecule has 0 aliphatic carbocycles. The molecular weight excluding hydrogens is 225 g/mol. The molecule has 6 heteroatoms. The van der Waals surface area contributed by atoms with E-state index in [9.17, 15) is 9.18 Å². The lowest BCUT2D eigenvalue weighted by molar-refractivity contribution is -0.0235. The summed E-state index contributed by atoms with van der Waals surface area (Å²) in [6.45, 7) is 3.72. The summed E-state index contributed by atoms with van der Waals surface area (Å²) < 4.78 is 20.8. The van der Waals surface area contributed by atoms with Crippen molar-refractivity contribution in [3.63, 3.8) is 0 Å². The maximum Gasteiger partial charge on any atom is 0.351 e. The summed E-state index contributed by atoms with van der Waals surface area (Å²) >= 11 is 0. The number of rotatable bonds is 2. The standard InChI is InChI=1S/C11H16FN3O2/c1-3-7-6(2)9(12)10(17-7)15-5-4-8(13)14-11(15)16/h4-7,9-10H,3H2,1-2H3,(H2,13,14,16)/t6-,7-,9-,10-/m1/s1. The quantitative estimate of drug-likeness (QED) is 0.842. The van der Waals surface area contributed by atoms with Crippen LogP contribution in [0.3, 0.4) is 0 Å². The molecule has 0 bridgehead atoms. The minimum atomic E-state index is -1.21. The van der Waals surface area contributed by atoms with Gasteiger partial charge in [0.05, 0.1) is 6.10 Å². The van der Waals surface area contributed by atoms with Gasteiger partial charge in [-0.05, 0) is 12.5 Å². The Kier molecular flexibility index (Phi) is 3.15. The first-order valence-electron chi connectivity index (χ1n) is 5.68. The molecule has 1 aromatic rings. The molecule has 0 unspecified atom stereocenters. The molecule has 1 saturated heterocycles. The smallest absolute Gasteiger partial charge is 0.351 e.